The molecule has 0 bridgehead atoms. The second-order valence-electron chi connectivity index (χ2n) is 8.35. The van der Waals surface area contributed by atoms with Crippen molar-refractivity contribution in [1.82, 2.24) is 20.1 Å². The minimum atomic E-state index is -0.0538. The Kier molecular flexibility index (Phi) is 6.74. The van der Waals surface area contributed by atoms with Gasteiger partial charge in [-0.25, -0.2) is 4.98 Å². The highest BCUT2D eigenvalue weighted by atomic mass is 16.3. The Balaban J connectivity index is 1.26. The van der Waals surface area contributed by atoms with E-state index in [-0.39, 0.29) is 5.91 Å². The molecule has 1 amide bonds. The second-order valence-corrected chi connectivity index (χ2v) is 8.35. The van der Waals surface area contributed by atoms with Crippen LogP contribution in [0.25, 0.3) is 0 Å². The maximum atomic E-state index is 12.4. The normalized spacial score (nSPS) is 18.4. The number of furan rings is 1. The van der Waals surface area contributed by atoms with Crippen LogP contribution >= 0.6 is 0 Å². The second kappa shape index (κ2) is 9.85. The van der Waals surface area contributed by atoms with Crippen LogP contribution in [0.15, 0.2) is 46.1 Å². The molecule has 0 aliphatic carbocycles. The first kappa shape index (κ1) is 21.2. The van der Waals surface area contributed by atoms with E-state index >= 15 is 0 Å². The van der Waals surface area contributed by atoms with Crippen molar-refractivity contribution < 1.29 is 9.21 Å². The van der Waals surface area contributed by atoms with E-state index in [0.29, 0.717) is 25.4 Å². The summed E-state index contributed by atoms with van der Waals surface area (Å²) < 4.78 is 5.23. The number of rotatable bonds is 4. The molecule has 0 atom stereocenters. The van der Waals surface area contributed by atoms with Crippen LogP contribution in [0.4, 0.5) is 5.82 Å². The molecule has 8 heteroatoms. The van der Waals surface area contributed by atoms with E-state index in [4.69, 9.17) is 4.42 Å². The van der Waals surface area contributed by atoms with Crippen molar-refractivity contribution >= 4 is 17.7 Å². The third-order valence-corrected chi connectivity index (χ3v) is 6.18. The number of piperazine rings is 1. The maximum absolute atomic E-state index is 12.4. The fourth-order valence-corrected chi connectivity index (χ4v) is 4.14. The number of anilines is 1. The van der Waals surface area contributed by atoms with Gasteiger partial charge in [0.15, 0.2) is 11.7 Å². The molecule has 2 aromatic heterocycles. The van der Waals surface area contributed by atoms with Crippen molar-refractivity contribution in [1.29, 1.82) is 0 Å². The number of piperidine rings is 1. The highest BCUT2D eigenvalue weighted by Gasteiger charge is 2.25. The number of pyridine rings is 1. The number of aromatic nitrogens is 1. The molecule has 0 spiro atoms. The Hall–Kier alpha value is -3.03. The van der Waals surface area contributed by atoms with Crippen LogP contribution in [-0.2, 0) is 6.54 Å². The molecular weight excluding hydrogens is 392 g/mol. The molecule has 2 fully saturated rings. The monoisotopic (exact) mass is 424 g/mol. The van der Waals surface area contributed by atoms with E-state index in [1.807, 2.05) is 11.1 Å². The van der Waals surface area contributed by atoms with Crippen molar-refractivity contribution in [2.75, 3.05) is 51.2 Å². The van der Waals surface area contributed by atoms with Gasteiger partial charge in [-0.3, -0.25) is 9.79 Å². The van der Waals surface area contributed by atoms with Crippen molar-refractivity contribution in [3.63, 3.8) is 0 Å². The number of nitrogens with one attached hydrogen (secondary N) is 1. The zero-order chi connectivity index (χ0) is 21.6. The molecule has 4 rings (SSSR count). The van der Waals surface area contributed by atoms with Crippen LogP contribution in [0.3, 0.4) is 0 Å². The van der Waals surface area contributed by atoms with Gasteiger partial charge in [-0.2, -0.15) is 0 Å². The molecule has 31 heavy (non-hydrogen) atoms. The van der Waals surface area contributed by atoms with Gasteiger partial charge in [-0.1, -0.05) is 13.0 Å². The summed E-state index contributed by atoms with van der Waals surface area (Å²) in [6, 6.07) is 7.71. The molecule has 0 saturated carbocycles. The summed E-state index contributed by atoms with van der Waals surface area (Å²) in [5, 5.41) is 3.43. The number of nitrogens with zero attached hydrogens (tertiary/aromatic N) is 5. The topological polar surface area (TPSA) is 77.2 Å². The fraction of sp³-hybridized carbons (Fsp3) is 0.522. The molecule has 0 unspecified atom stereocenters. The fourth-order valence-electron chi connectivity index (χ4n) is 4.14. The van der Waals surface area contributed by atoms with Crippen molar-refractivity contribution in [3.05, 3.63) is 48.0 Å². The average molecular weight is 425 g/mol. The predicted molar refractivity (Wildman–Crippen MR) is 121 cm³/mol. The number of hydrogen-bond donors (Lipinski definition) is 1. The van der Waals surface area contributed by atoms with E-state index in [2.05, 4.69) is 44.1 Å². The summed E-state index contributed by atoms with van der Waals surface area (Å²) >= 11 is 0. The first-order valence-electron chi connectivity index (χ1n) is 11.1. The zero-order valence-electron chi connectivity index (χ0n) is 18.5. The van der Waals surface area contributed by atoms with E-state index in [1.165, 1.54) is 19.1 Å². The number of aliphatic imine (C=N–C) groups is 1. The lowest BCUT2D eigenvalue weighted by Gasteiger charge is -2.36. The SMILES string of the molecule is CN=C(NCc1ccc(N2CCC(C)CC2)nc1)N1CCN(C(=O)c2ccco2)CC1. The van der Waals surface area contributed by atoms with Gasteiger partial charge in [0.25, 0.3) is 5.91 Å². The lowest BCUT2D eigenvalue weighted by atomic mass is 9.99. The number of guanidine groups is 1. The molecule has 4 heterocycles. The van der Waals surface area contributed by atoms with E-state index in [0.717, 1.165) is 49.4 Å². The first-order chi connectivity index (χ1) is 15.1. The first-order valence-corrected chi connectivity index (χ1v) is 11.1. The van der Waals surface area contributed by atoms with E-state index in [9.17, 15) is 4.79 Å². The van der Waals surface area contributed by atoms with Gasteiger partial charge >= 0.3 is 0 Å². The molecule has 2 saturated heterocycles. The maximum Gasteiger partial charge on any atom is 0.289 e. The van der Waals surface area contributed by atoms with Crippen LogP contribution < -0.4 is 10.2 Å². The minimum Gasteiger partial charge on any atom is -0.459 e. The number of amides is 1. The Morgan fingerprint density at radius 3 is 2.48 bits per heavy atom. The van der Waals surface area contributed by atoms with Gasteiger partial charge in [0, 0.05) is 59.1 Å². The van der Waals surface area contributed by atoms with Gasteiger partial charge < -0.3 is 24.4 Å². The van der Waals surface area contributed by atoms with E-state index < -0.39 is 0 Å². The predicted octanol–water partition coefficient (Wildman–Crippen LogP) is 2.44. The summed E-state index contributed by atoms with van der Waals surface area (Å²) in [6.45, 7) is 7.93. The molecule has 2 aromatic rings. The molecular formula is C23H32N6O2. The largest absolute Gasteiger partial charge is 0.459 e. The molecule has 2 aliphatic heterocycles. The third-order valence-electron chi connectivity index (χ3n) is 6.18. The summed E-state index contributed by atoms with van der Waals surface area (Å²) in [5.41, 5.74) is 1.13. The van der Waals surface area contributed by atoms with Gasteiger partial charge in [0.05, 0.1) is 6.26 Å². The summed E-state index contributed by atoms with van der Waals surface area (Å²) in [4.78, 5) is 27.9. The quantitative estimate of drug-likeness (QED) is 0.600. The number of hydrogen-bond acceptors (Lipinski definition) is 5. The lowest BCUT2D eigenvalue weighted by molar-refractivity contribution is 0.0657. The molecule has 0 radical (unpaired) electrons. The summed E-state index contributed by atoms with van der Waals surface area (Å²) in [7, 11) is 1.79. The van der Waals surface area contributed by atoms with Crippen molar-refractivity contribution in [2.24, 2.45) is 10.9 Å². The Morgan fingerprint density at radius 2 is 1.87 bits per heavy atom. The molecule has 0 aromatic carbocycles. The van der Waals surface area contributed by atoms with Gasteiger partial charge in [-0.15, -0.1) is 0 Å². The highest BCUT2D eigenvalue weighted by molar-refractivity contribution is 5.91. The summed E-state index contributed by atoms with van der Waals surface area (Å²) in [6.07, 6.45) is 5.96. The van der Waals surface area contributed by atoms with E-state index in [1.54, 1.807) is 19.2 Å². The van der Waals surface area contributed by atoms with Gasteiger partial charge in [-0.05, 0) is 42.5 Å². The number of carbonyl (C=O) groups is 1. The average Bonchev–Trinajstić information content (AvgIpc) is 3.35. The lowest BCUT2D eigenvalue weighted by Crippen LogP contribution is -2.53. The number of carbonyl (C=O) groups excluding carboxylic acids is 1. The molecule has 166 valence electrons. The van der Waals surface area contributed by atoms with Crippen molar-refractivity contribution in [2.45, 2.75) is 26.3 Å². The third kappa shape index (κ3) is 5.18. The van der Waals surface area contributed by atoms with Gasteiger partial charge in [0.2, 0.25) is 0 Å². The van der Waals surface area contributed by atoms with Crippen LogP contribution in [-0.4, -0.2) is 73.0 Å². The van der Waals surface area contributed by atoms with Crippen LogP contribution in [0.1, 0.15) is 35.9 Å². The standard InChI is InChI=1S/C23H32N6O2/c1-18-7-9-27(10-8-18)21-6-5-19(16-25-21)17-26-23(24-2)29-13-11-28(12-14-29)22(30)20-4-3-15-31-20/h3-6,15-16,18H,7-14,17H2,1-2H3,(H,24,26). The molecule has 8 nitrogen and oxygen atoms in total. The molecule has 1 N–H and O–H groups in total. The van der Waals surface area contributed by atoms with Crippen LogP contribution in [0, 0.1) is 5.92 Å². The smallest absolute Gasteiger partial charge is 0.289 e. The van der Waals surface area contributed by atoms with Crippen LogP contribution in [0.5, 0.6) is 0 Å². The van der Waals surface area contributed by atoms with Crippen molar-refractivity contribution in [3.8, 4) is 0 Å². The Labute approximate surface area is 183 Å². The molecule has 2 aliphatic rings. The zero-order valence-corrected chi connectivity index (χ0v) is 18.5. The summed E-state index contributed by atoms with van der Waals surface area (Å²) in [5.74, 6) is 3.07. The Morgan fingerprint density at radius 1 is 1.13 bits per heavy atom. The Bertz CT molecular complexity index is 864. The van der Waals surface area contributed by atoms with Gasteiger partial charge in [0.1, 0.15) is 5.82 Å². The van der Waals surface area contributed by atoms with Crippen LogP contribution in [0.2, 0.25) is 0 Å². The highest BCUT2D eigenvalue weighted by Crippen LogP contribution is 2.21. The minimum absolute atomic E-state index is 0.0538.